The van der Waals surface area contributed by atoms with E-state index in [9.17, 15) is 4.79 Å². The second-order valence-corrected chi connectivity index (χ2v) is 7.56. The van der Waals surface area contributed by atoms with Crippen LogP contribution >= 0.6 is 27.3 Å². The van der Waals surface area contributed by atoms with Gasteiger partial charge in [-0.05, 0) is 50.1 Å². The summed E-state index contributed by atoms with van der Waals surface area (Å²) >= 11 is 5.00. The number of thiophene rings is 1. The number of aryl methyl sites for hydroxylation is 3. The first-order valence-corrected chi connectivity index (χ1v) is 8.96. The number of nitrogens with one attached hydrogen (secondary N) is 1. The molecule has 0 atom stereocenters. The van der Waals surface area contributed by atoms with Crippen LogP contribution in [-0.4, -0.2) is 22.5 Å². The standard InChI is InChI=1S/C17H16BrN3O2S/c1-9-6-12(18)4-5-13(9)21-14(22)7-23-16-15-10(2)11(3)24-17(15)20-8-19-16/h4-6,8H,7H2,1-3H3,(H,21,22). The first-order valence-electron chi connectivity index (χ1n) is 7.35. The summed E-state index contributed by atoms with van der Waals surface area (Å²) < 4.78 is 6.62. The number of carbonyl (C=O) groups is 1. The quantitative estimate of drug-likeness (QED) is 0.698. The molecule has 0 aliphatic rings. The van der Waals surface area contributed by atoms with Gasteiger partial charge in [-0.2, -0.15) is 0 Å². The number of rotatable bonds is 4. The summed E-state index contributed by atoms with van der Waals surface area (Å²) in [6, 6.07) is 5.68. The third kappa shape index (κ3) is 3.42. The molecule has 0 aliphatic heterocycles. The Hall–Kier alpha value is -1.99. The molecule has 2 aromatic heterocycles. The molecule has 2 heterocycles. The Morgan fingerprint density at radius 3 is 2.83 bits per heavy atom. The van der Waals surface area contributed by atoms with Gasteiger partial charge in [0.15, 0.2) is 6.61 Å². The zero-order valence-electron chi connectivity index (χ0n) is 13.5. The van der Waals surface area contributed by atoms with Gasteiger partial charge in [0.2, 0.25) is 5.88 Å². The highest BCUT2D eigenvalue weighted by atomic mass is 79.9. The minimum atomic E-state index is -0.225. The number of aromatic nitrogens is 2. The van der Waals surface area contributed by atoms with Crippen molar-refractivity contribution in [1.29, 1.82) is 0 Å². The van der Waals surface area contributed by atoms with Gasteiger partial charge in [0.05, 0.1) is 5.39 Å². The molecule has 0 saturated heterocycles. The van der Waals surface area contributed by atoms with Crippen LogP contribution in [0, 0.1) is 20.8 Å². The first-order chi connectivity index (χ1) is 11.5. The second-order valence-electron chi connectivity index (χ2n) is 5.44. The van der Waals surface area contributed by atoms with Crippen LogP contribution in [0.1, 0.15) is 16.0 Å². The molecule has 0 unspecified atom stereocenters. The van der Waals surface area contributed by atoms with Crippen LogP contribution in [0.3, 0.4) is 0 Å². The molecule has 3 rings (SSSR count). The van der Waals surface area contributed by atoms with Gasteiger partial charge < -0.3 is 10.1 Å². The molecule has 0 aliphatic carbocycles. The van der Waals surface area contributed by atoms with E-state index in [0.29, 0.717) is 5.88 Å². The number of anilines is 1. The number of benzene rings is 1. The summed E-state index contributed by atoms with van der Waals surface area (Å²) in [5.74, 6) is 0.223. The number of halogens is 1. The van der Waals surface area contributed by atoms with Gasteiger partial charge in [0, 0.05) is 15.0 Å². The fourth-order valence-electron chi connectivity index (χ4n) is 2.35. The van der Waals surface area contributed by atoms with Gasteiger partial charge in [-0.15, -0.1) is 11.3 Å². The summed E-state index contributed by atoms with van der Waals surface area (Å²) in [6.45, 7) is 5.88. The molecule has 24 heavy (non-hydrogen) atoms. The Kier molecular flexibility index (Phi) is 4.82. The SMILES string of the molecule is Cc1cc(Br)ccc1NC(=O)COc1ncnc2sc(C)c(C)c12. The van der Waals surface area contributed by atoms with Gasteiger partial charge in [0.1, 0.15) is 11.2 Å². The molecule has 0 bridgehead atoms. The highest BCUT2D eigenvalue weighted by molar-refractivity contribution is 9.10. The molecule has 0 saturated carbocycles. The van der Waals surface area contributed by atoms with Crippen molar-refractivity contribution in [3.05, 3.63) is 45.0 Å². The Bertz CT molecular complexity index is 924. The van der Waals surface area contributed by atoms with Gasteiger partial charge >= 0.3 is 0 Å². The smallest absolute Gasteiger partial charge is 0.262 e. The molecule has 0 spiro atoms. The van der Waals surface area contributed by atoms with Gasteiger partial charge in [0.25, 0.3) is 5.91 Å². The molecule has 124 valence electrons. The van der Waals surface area contributed by atoms with E-state index in [1.54, 1.807) is 11.3 Å². The highest BCUT2D eigenvalue weighted by Gasteiger charge is 2.14. The second kappa shape index (κ2) is 6.86. The van der Waals surface area contributed by atoms with Crippen molar-refractivity contribution in [2.24, 2.45) is 0 Å². The Balaban J connectivity index is 1.73. The lowest BCUT2D eigenvalue weighted by atomic mass is 10.2. The lowest BCUT2D eigenvalue weighted by Crippen LogP contribution is -2.21. The average Bonchev–Trinajstić information content (AvgIpc) is 2.83. The Morgan fingerprint density at radius 2 is 2.08 bits per heavy atom. The molecule has 0 radical (unpaired) electrons. The van der Waals surface area contributed by atoms with E-state index in [2.05, 4.69) is 31.2 Å². The first kappa shape index (κ1) is 16.9. The van der Waals surface area contributed by atoms with Crippen molar-refractivity contribution in [1.82, 2.24) is 9.97 Å². The highest BCUT2D eigenvalue weighted by Crippen LogP contribution is 2.33. The van der Waals surface area contributed by atoms with Gasteiger partial charge in [-0.3, -0.25) is 4.79 Å². The fourth-order valence-corrected chi connectivity index (χ4v) is 3.81. The number of nitrogens with zero attached hydrogens (tertiary/aromatic N) is 2. The molecule has 1 N–H and O–H groups in total. The Morgan fingerprint density at radius 1 is 1.29 bits per heavy atom. The fraction of sp³-hybridized carbons (Fsp3) is 0.235. The third-order valence-electron chi connectivity index (χ3n) is 3.73. The van der Waals surface area contributed by atoms with Crippen LogP contribution in [0.4, 0.5) is 5.69 Å². The molecule has 1 amide bonds. The minimum Gasteiger partial charge on any atom is -0.467 e. The summed E-state index contributed by atoms with van der Waals surface area (Å²) in [5, 5.41) is 3.73. The van der Waals surface area contributed by atoms with E-state index in [-0.39, 0.29) is 12.5 Å². The van der Waals surface area contributed by atoms with Crippen molar-refractivity contribution in [2.75, 3.05) is 11.9 Å². The van der Waals surface area contributed by atoms with E-state index < -0.39 is 0 Å². The van der Waals surface area contributed by atoms with Crippen molar-refractivity contribution in [2.45, 2.75) is 20.8 Å². The third-order valence-corrected chi connectivity index (χ3v) is 5.34. The van der Waals surface area contributed by atoms with E-state index >= 15 is 0 Å². The van der Waals surface area contributed by atoms with Crippen molar-refractivity contribution >= 4 is 49.1 Å². The molecule has 3 aromatic rings. The largest absolute Gasteiger partial charge is 0.467 e. The number of amides is 1. The minimum absolute atomic E-state index is 0.101. The molecule has 7 heteroatoms. The summed E-state index contributed by atoms with van der Waals surface area (Å²) in [5.41, 5.74) is 2.84. The maximum atomic E-state index is 12.2. The van der Waals surface area contributed by atoms with Gasteiger partial charge in [-0.25, -0.2) is 9.97 Å². The number of hydrogen-bond acceptors (Lipinski definition) is 5. The number of ether oxygens (including phenoxy) is 1. The normalized spacial score (nSPS) is 10.8. The van der Waals surface area contributed by atoms with E-state index in [0.717, 1.165) is 31.5 Å². The zero-order chi connectivity index (χ0) is 17.3. The maximum Gasteiger partial charge on any atom is 0.262 e. The predicted molar refractivity (Wildman–Crippen MR) is 99.9 cm³/mol. The molecule has 1 aromatic carbocycles. The van der Waals surface area contributed by atoms with Crippen LogP contribution < -0.4 is 10.1 Å². The summed E-state index contributed by atoms with van der Waals surface area (Å²) in [6.07, 6.45) is 1.46. The predicted octanol–water partition coefficient (Wildman–Crippen LogP) is 4.40. The number of carbonyl (C=O) groups excluding carboxylic acids is 1. The van der Waals surface area contributed by atoms with Gasteiger partial charge in [-0.1, -0.05) is 15.9 Å². The maximum absolute atomic E-state index is 12.2. The number of fused-ring (bicyclic) bond motifs is 1. The molecular formula is C17H16BrN3O2S. The molecular weight excluding hydrogens is 390 g/mol. The van der Waals surface area contributed by atoms with E-state index in [1.165, 1.54) is 11.2 Å². The lowest BCUT2D eigenvalue weighted by molar-refractivity contribution is -0.118. The molecule has 0 fully saturated rings. The monoisotopic (exact) mass is 405 g/mol. The van der Waals surface area contributed by atoms with Crippen LogP contribution in [0.5, 0.6) is 5.88 Å². The zero-order valence-corrected chi connectivity index (χ0v) is 15.9. The van der Waals surface area contributed by atoms with Crippen LogP contribution in [-0.2, 0) is 4.79 Å². The molecule has 5 nitrogen and oxygen atoms in total. The average molecular weight is 406 g/mol. The van der Waals surface area contributed by atoms with Crippen molar-refractivity contribution in [3.8, 4) is 5.88 Å². The summed E-state index contributed by atoms with van der Waals surface area (Å²) in [4.78, 5) is 22.6. The Labute approximate surface area is 152 Å². The summed E-state index contributed by atoms with van der Waals surface area (Å²) in [7, 11) is 0. The van der Waals surface area contributed by atoms with E-state index in [1.807, 2.05) is 39.0 Å². The van der Waals surface area contributed by atoms with Crippen molar-refractivity contribution < 1.29 is 9.53 Å². The number of hydrogen-bond donors (Lipinski definition) is 1. The van der Waals surface area contributed by atoms with Crippen LogP contribution in [0.2, 0.25) is 0 Å². The lowest BCUT2D eigenvalue weighted by Gasteiger charge is -2.10. The topological polar surface area (TPSA) is 64.1 Å². The van der Waals surface area contributed by atoms with E-state index in [4.69, 9.17) is 4.74 Å². The van der Waals surface area contributed by atoms with Crippen LogP contribution in [0.25, 0.3) is 10.2 Å². The van der Waals surface area contributed by atoms with Crippen molar-refractivity contribution in [3.63, 3.8) is 0 Å². The van der Waals surface area contributed by atoms with Crippen LogP contribution in [0.15, 0.2) is 29.0 Å².